The first kappa shape index (κ1) is 14.5. The smallest absolute Gasteiger partial charge is 0.241 e. The van der Waals surface area contributed by atoms with E-state index in [1.807, 2.05) is 39.8 Å². The van der Waals surface area contributed by atoms with Crippen molar-refractivity contribution in [3.8, 4) is 0 Å². The molecule has 0 heterocycles. The molecule has 2 unspecified atom stereocenters. The molecule has 106 valence electrons. The third-order valence-electron chi connectivity index (χ3n) is 4.26. The van der Waals surface area contributed by atoms with Gasteiger partial charge in [0.15, 0.2) is 0 Å². The van der Waals surface area contributed by atoms with Gasteiger partial charge in [0.05, 0.1) is 4.90 Å². The standard InChI is InChI=1S/C14H22N2O2S/c1-9-5-6-11(10(2)7-9)19(17,18)16-13-8-12(15)14(13,3)4/h5-7,12-13,16H,8,15H2,1-4H3. The summed E-state index contributed by atoms with van der Waals surface area (Å²) in [5, 5.41) is 0. The number of hydrogen-bond donors (Lipinski definition) is 2. The Balaban J connectivity index is 2.25. The summed E-state index contributed by atoms with van der Waals surface area (Å²) in [6.07, 6.45) is 0.692. The Hall–Kier alpha value is -0.910. The van der Waals surface area contributed by atoms with Crippen LogP contribution in [0.25, 0.3) is 0 Å². The van der Waals surface area contributed by atoms with E-state index >= 15 is 0 Å². The highest BCUT2D eigenvalue weighted by Crippen LogP contribution is 2.39. The summed E-state index contributed by atoms with van der Waals surface area (Å²) >= 11 is 0. The first-order valence-corrected chi connectivity index (χ1v) is 7.98. The molecule has 19 heavy (non-hydrogen) atoms. The van der Waals surface area contributed by atoms with Crippen LogP contribution in [0.4, 0.5) is 0 Å². The molecule has 0 radical (unpaired) electrons. The topological polar surface area (TPSA) is 72.2 Å². The zero-order chi connectivity index (χ0) is 14.4. The molecule has 1 aromatic carbocycles. The van der Waals surface area contributed by atoms with Crippen LogP contribution in [-0.2, 0) is 10.0 Å². The van der Waals surface area contributed by atoms with Crippen molar-refractivity contribution in [3.05, 3.63) is 29.3 Å². The van der Waals surface area contributed by atoms with Crippen LogP contribution in [0.15, 0.2) is 23.1 Å². The first-order valence-electron chi connectivity index (χ1n) is 6.50. The minimum atomic E-state index is -3.47. The van der Waals surface area contributed by atoms with Crippen molar-refractivity contribution in [2.45, 2.75) is 51.1 Å². The Morgan fingerprint density at radius 3 is 2.42 bits per heavy atom. The Kier molecular flexibility index (Phi) is 3.49. The van der Waals surface area contributed by atoms with Crippen LogP contribution in [-0.4, -0.2) is 20.5 Å². The summed E-state index contributed by atoms with van der Waals surface area (Å²) in [5.74, 6) is 0. The lowest BCUT2D eigenvalue weighted by Crippen LogP contribution is -2.64. The van der Waals surface area contributed by atoms with Crippen molar-refractivity contribution >= 4 is 10.0 Å². The van der Waals surface area contributed by atoms with Crippen molar-refractivity contribution in [2.24, 2.45) is 11.1 Å². The highest BCUT2D eigenvalue weighted by Gasteiger charge is 2.47. The molecule has 5 heteroatoms. The fourth-order valence-corrected chi connectivity index (χ4v) is 4.14. The zero-order valence-electron chi connectivity index (χ0n) is 11.9. The van der Waals surface area contributed by atoms with E-state index in [-0.39, 0.29) is 17.5 Å². The van der Waals surface area contributed by atoms with Crippen LogP contribution in [0.5, 0.6) is 0 Å². The highest BCUT2D eigenvalue weighted by molar-refractivity contribution is 7.89. The van der Waals surface area contributed by atoms with Gasteiger partial charge in [-0.3, -0.25) is 0 Å². The van der Waals surface area contributed by atoms with E-state index in [2.05, 4.69) is 4.72 Å². The third-order valence-corrected chi connectivity index (χ3v) is 5.89. The Labute approximate surface area is 115 Å². The molecule has 3 N–H and O–H groups in total. The second-order valence-corrected chi connectivity index (χ2v) is 7.79. The lowest BCUT2D eigenvalue weighted by molar-refractivity contribution is 0.0903. The number of hydrogen-bond acceptors (Lipinski definition) is 3. The molecule has 0 aromatic heterocycles. The summed E-state index contributed by atoms with van der Waals surface area (Å²) in [4.78, 5) is 0.356. The van der Waals surface area contributed by atoms with E-state index in [0.717, 1.165) is 11.1 Å². The van der Waals surface area contributed by atoms with Gasteiger partial charge in [-0.25, -0.2) is 13.1 Å². The SMILES string of the molecule is Cc1ccc(S(=O)(=O)NC2CC(N)C2(C)C)c(C)c1. The lowest BCUT2D eigenvalue weighted by Gasteiger charge is -2.50. The second kappa shape index (κ2) is 4.58. The second-order valence-electron chi connectivity index (χ2n) is 6.11. The van der Waals surface area contributed by atoms with Crippen LogP contribution < -0.4 is 10.5 Å². The number of sulfonamides is 1. The Morgan fingerprint density at radius 2 is 1.95 bits per heavy atom. The van der Waals surface area contributed by atoms with Crippen LogP contribution in [0.1, 0.15) is 31.4 Å². The maximum absolute atomic E-state index is 12.4. The molecule has 2 atom stereocenters. The molecule has 1 aromatic rings. The van der Waals surface area contributed by atoms with Gasteiger partial charge in [-0.05, 0) is 37.3 Å². The van der Waals surface area contributed by atoms with Crippen molar-refractivity contribution < 1.29 is 8.42 Å². The van der Waals surface area contributed by atoms with Gasteiger partial charge in [0.2, 0.25) is 10.0 Å². The average molecular weight is 282 g/mol. The van der Waals surface area contributed by atoms with Gasteiger partial charge in [-0.15, -0.1) is 0 Å². The van der Waals surface area contributed by atoms with Crippen molar-refractivity contribution in [1.82, 2.24) is 4.72 Å². The molecule has 4 nitrogen and oxygen atoms in total. The third kappa shape index (κ3) is 2.55. The van der Waals surface area contributed by atoms with E-state index in [4.69, 9.17) is 5.73 Å². The molecule has 0 spiro atoms. The van der Waals surface area contributed by atoms with E-state index in [0.29, 0.717) is 11.3 Å². The molecule has 0 aliphatic heterocycles. The maximum atomic E-state index is 12.4. The number of rotatable bonds is 3. The van der Waals surface area contributed by atoms with Gasteiger partial charge in [-0.2, -0.15) is 0 Å². The van der Waals surface area contributed by atoms with Crippen LogP contribution in [0.2, 0.25) is 0 Å². The number of benzene rings is 1. The van der Waals surface area contributed by atoms with Gasteiger partial charge in [0.25, 0.3) is 0 Å². The van der Waals surface area contributed by atoms with Crippen molar-refractivity contribution in [1.29, 1.82) is 0 Å². The van der Waals surface area contributed by atoms with E-state index in [1.165, 1.54) is 0 Å². The molecule has 2 rings (SSSR count). The van der Waals surface area contributed by atoms with Gasteiger partial charge >= 0.3 is 0 Å². The summed E-state index contributed by atoms with van der Waals surface area (Å²) in [6.45, 7) is 7.76. The normalized spacial score (nSPS) is 25.9. The van der Waals surface area contributed by atoms with Gasteiger partial charge < -0.3 is 5.73 Å². The minimum absolute atomic E-state index is 0.0549. The van der Waals surface area contributed by atoms with Gasteiger partial charge in [-0.1, -0.05) is 31.5 Å². The van der Waals surface area contributed by atoms with Crippen molar-refractivity contribution in [3.63, 3.8) is 0 Å². The molecule has 1 saturated carbocycles. The molecule has 0 amide bonds. The van der Waals surface area contributed by atoms with Crippen LogP contribution in [0, 0.1) is 19.3 Å². The molecule has 1 aliphatic rings. The quantitative estimate of drug-likeness (QED) is 0.886. The predicted octanol–water partition coefficient (Wildman–Crippen LogP) is 1.71. The summed E-state index contributed by atoms with van der Waals surface area (Å²) < 4.78 is 27.6. The maximum Gasteiger partial charge on any atom is 0.241 e. The highest BCUT2D eigenvalue weighted by atomic mass is 32.2. The molecule has 1 fully saturated rings. The number of aryl methyl sites for hydroxylation is 2. The van der Waals surface area contributed by atoms with Crippen LogP contribution in [0.3, 0.4) is 0 Å². The van der Waals surface area contributed by atoms with Crippen LogP contribution >= 0.6 is 0 Å². The molecule has 1 aliphatic carbocycles. The number of nitrogens with one attached hydrogen (secondary N) is 1. The molecular weight excluding hydrogens is 260 g/mol. The lowest BCUT2D eigenvalue weighted by atomic mass is 9.64. The first-order chi connectivity index (χ1) is 8.64. The summed E-state index contributed by atoms with van der Waals surface area (Å²) in [7, 11) is -3.47. The molecule has 0 bridgehead atoms. The summed E-state index contributed by atoms with van der Waals surface area (Å²) in [5.41, 5.74) is 7.56. The zero-order valence-corrected chi connectivity index (χ0v) is 12.7. The Bertz CT molecular complexity index is 593. The van der Waals surface area contributed by atoms with E-state index in [9.17, 15) is 8.42 Å². The average Bonchev–Trinajstić information content (AvgIpc) is 2.27. The summed E-state index contributed by atoms with van der Waals surface area (Å²) in [6, 6.07) is 5.33. The van der Waals surface area contributed by atoms with E-state index in [1.54, 1.807) is 6.07 Å². The fraction of sp³-hybridized carbons (Fsp3) is 0.571. The number of nitrogens with two attached hydrogens (primary N) is 1. The minimum Gasteiger partial charge on any atom is -0.327 e. The van der Waals surface area contributed by atoms with Gasteiger partial charge in [0.1, 0.15) is 0 Å². The van der Waals surface area contributed by atoms with Gasteiger partial charge in [0, 0.05) is 12.1 Å². The molecule has 0 saturated heterocycles. The van der Waals surface area contributed by atoms with E-state index < -0.39 is 10.0 Å². The largest absolute Gasteiger partial charge is 0.327 e. The predicted molar refractivity (Wildman–Crippen MR) is 76.4 cm³/mol. The fourth-order valence-electron chi connectivity index (χ4n) is 2.51. The molecular formula is C14H22N2O2S. The van der Waals surface area contributed by atoms with Crippen molar-refractivity contribution in [2.75, 3.05) is 0 Å². The Morgan fingerprint density at radius 1 is 1.32 bits per heavy atom. The monoisotopic (exact) mass is 282 g/mol.